The summed E-state index contributed by atoms with van der Waals surface area (Å²) in [5.74, 6) is 0.0839. The number of hydrogen-bond donors (Lipinski definition) is 1. The van der Waals surface area contributed by atoms with Gasteiger partial charge in [-0.25, -0.2) is 0 Å². The second kappa shape index (κ2) is 3.66. The maximum absolute atomic E-state index is 12.3. The van der Waals surface area contributed by atoms with Crippen molar-refractivity contribution in [3.8, 4) is 0 Å². The second-order valence-corrected chi connectivity index (χ2v) is 4.03. The normalized spacial score (nSPS) is 13.8. The van der Waals surface area contributed by atoms with E-state index in [1.54, 1.807) is 11.0 Å². The van der Waals surface area contributed by atoms with Crippen molar-refractivity contribution in [1.29, 1.82) is 0 Å². The summed E-state index contributed by atoms with van der Waals surface area (Å²) >= 11 is 0. The molecule has 0 saturated carbocycles. The summed E-state index contributed by atoms with van der Waals surface area (Å²) in [5.41, 5.74) is 8.21. The lowest BCUT2D eigenvalue weighted by atomic mass is 10.2. The fourth-order valence-electron chi connectivity index (χ4n) is 2.19. The monoisotopic (exact) mass is 228 g/mol. The third-order valence-corrected chi connectivity index (χ3v) is 3.06. The van der Waals surface area contributed by atoms with Crippen LogP contribution in [0.25, 0.3) is 0 Å². The third-order valence-electron chi connectivity index (χ3n) is 3.06. The fraction of sp³-hybridized carbons (Fsp3) is 0.154. The standard InChI is InChI=1S/C13H12N2O2/c14-12-10(6-8-17-12)13(16)15-7-5-9-3-1-2-4-11(9)15/h1-4,6,8H,5,7,14H2. The van der Waals surface area contributed by atoms with Crippen molar-refractivity contribution in [2.75, 3.05) is 17.2 Å². The Bertz CT molecular complexity index is 574. The molecular weight excluding hydrogens is 216 g/mol. The van der Waals surface area contributed by atoms with Crippen molar-refractivity contribution < 1.29 is 9.21 Å². The molecule has 1 aliphatic rings. The number of nitrogens with two attached hydrogens (primary N) is 1. The smallest absolute Gasteiger partial charge is 0.263 e. The highest BCUT2D eigenvalue weighted by Gasteiger charge is 2.27. The number of anilines is 2. The molecule has 0 saturated heterocycles. The van der Waals surface area contributed by atoms with Crippen LogP contribution in [0.1, 0.15) is 15.9 Å². The highest BCUT2D eigenvalue weighted by Crippen LogP contribution is 2.29. The van der Waals surface area contributed by atoms with Crippen molar-refractivity contribution in [2.45, 2.75) is 6.42 Å². The van der Waals surface area contributed by atoms with E-state index in [0.717, 1.165) is 12.1 Å². The van der Waals surface area contributed by atoms with Gasteiger partial charge in [0, 0.05) is 12.2 Å². The zero-order valence-corrected chi connectivity index (χ0v) is 9.22. The van der Waals surface area contributed by atoms with Crippen LogP contribution in [0.5, 0.6) is 0 Å². The molecule has 2 aromatic rings. The highest BCUT2D eigenvalue weighted by molar-refractivity contribution is 6.09. The molecule has 86 valence electrons. The van der Waals surface area contributed by atoms with E-state index in [1.807, 2.05) is 24.3 Å². The van der Waals surface area contributed by atoms with Crippen LogP contribution in [0.3, 0.4) is 0 Å². The SMILES string of the molecule is Nc1occc1C(=O)N1CCc2ccccc21. The van der Waals surface area contributed by atoms with Crippen molar-refractivity contribution in [2.24, 2.45) is 0 Å². The van der Waals surface area contributed by atoms with E-state index in [1.165, 1.54) is 11.8 Å². The van der Waals surface area contributed by atoms with Crippen LogP contribution in [-0.2, 0) is 6.42 Å². The molecule has 1 aliphatic heterocycles. The van der Waals surface area contributed by atoms with Crippen molar-refractivity contribution in [1.82, 2.24) is 0 Å². The Hall–Kier alpha value is -2.23. The number of nitrogen functional groups attached to an aromatic ring is 1. The van der Waals surface area contributed by atoms with Gasteiger partial charge in [0.05, 0.1) is 6.26 Å². The number of carbonyl (C=O) groups is 1. The average Bonchev–Trinajstić information content (AvgIpc) is 2.94. The van der Waals surface area contributed by atoms with Gasteiger partial charge in [-0.1, -0.05) is 18.2 Å². The average molecular weight is 228 g/mol. The number of furan rings is 1. The highest BCUT2D eigenvalue weighted by atomic mass is 16.3. The van der Waals surface area contributed by atoms with E-state index in [4.69, 9.17) is 10.2 Å². The van der Waals surface area contributed by atoms with Crippen molar-refractivity contribution >= 4 is 17.5 Å². The van der Waals surface area contributed by atoms with Gasteiger partial charge < -0.3 is 15.1 Å². The van der Waals surface area contributed by atoms with Crippen LogP contribution in [0.15, 0.2) is 41.0 Å². The summed E-state index contributed by atoms with van der Waals surface area (Å²) in [4.78, 5) is 14.0. The van der Waals surface area contributed by atoms with Gasteiger partial charge in [-0.2, -0.15) is 0 Å². The molecule has 0 spiro atoms. The molecule has 0 unspecified atom stereocenters. The van der Waals surface area contributed by atoms with Crippen LogP contribution >= 0.6 is 0 Å². The Kier molecular flexibility index (Phi) is 2.14. The van der Waals surface area contributed by atoms with Gasteiger partial charge >= 0.3 is 0 Å². The first-order chi connectivity index (χ1) is 8.27. The molecule has 1 aromatic carbocycles. The Morgan fingerprint density at radius 1 is 1.29 bits per heavy atom. The summed E-state index contributed by atoms with van der Waals surface area (Å²) in [6, 6.07) is 9.53. The summed E-state index contributed by atoms with van der Waals surface area (Å²) in [6.45, 7) is 0.697. The minimum Gasteiger partial charge on any atom is -0.448 e. The van der Waals surface area contributed by atoms with E-state index in [9.17, 15) is 4.79 Å². The number of benzene rings is 1. The molecule has 0 atom stereocenters. The van der Waals surface area contributed by atoms with E-state index in [-0.39, 0.29) is 11.8 Å². The van der Waals surface area contributed by atoms with Gasteiger partial charge in [-0.3, -0.25) is 4.79 Å². The molecule has 0 bridgehead atoms. The summed E-state index contributed by atoms with van der Waals surface area (Å²) < 4.78 is 4.96. The number of rotatable bonds is 1. The van der Waals surface area contributed by atoms with Crippen LogP contribution in [0.4, 0.5) is 11.6 Å². The van der Waals surface area contributed by atoms with Gasteiger partial charge in [0.25, 0.3) is 5.91 Å². The number of carbonyl (C=O) groups excluding carboxylic acids is 1. The molecular formula is C13H12N2O2. The fourth-order valence-corrected chi connectivity index (χ4v) is 2.19. The quantitative estimate of drug-likeness (QED) is 0.812. The lowest BCUT2D eigenvalue weighted by Gasteiger charge is -2.16. The molecule has 4 nitrogen and oxygen atoms in total. The molecule has 1 amide bonds. The number of para-hydroxylation sites is 1. The summed E-state index contributed by atoms with van der Waals surface area (Å²) in [5, 5.41) is 0. The number of hydrogen-bond acceptors (Lipinski definition) is 3. The molecule has 4 heteroatoms. The van der Waals surface area contributed by atoms with Crippen LogP contribution in [0, 0.1) is 0 Å². The number of nitrogens with zero attached hydrogens (tertiary/aromatic N) is 1. The maximum Gasteiger partial charge on any atom is 0.263 e. The van der Waals surface area contributed by atoms with Crippen LogP contribution in [-0.4, -0.2) is 12.5 Å². The zero-order valence-electron chi connectivity index (χ0n) is 9.22. The number of fused-ring (bicyclic) bond motifs is 1. The molecule has 0 aliphatic carbocycles. The Labute approximate surface area is 98.6 Å². The summed E-state index contributed by atoms with van der Waals surface area (Å²) in [6.07, 6.45) is 2.32. The topological polar surface area (TPSA) is 59.5 Å². The van der Waals surface area contributed by atoms with Crippen LogP contribution < -0.4 is 10.6 Å². The Morgan fingerprint density at radius 2 is 2.12 bits per heavy atom. The molecule has 0 radical (unpaired) electrons. The molecule has 0 fully saturated rings. The predicted octanol–water partition coefficient (Wildman–Crippen LogP) is 2.06. The molecule has 2 N–H and O–H groups in total. The summed E-state index contributed by atoms with van der Waals surface area (Å²) in [7, 11) is 0. The maximum atomic E-state index is 12.3. The second-order valence-electron chi connectivity index (χ2n) is 4.03. The first-order valence-corrected chi connectivity index (χ1v) is 5.50. The van der Waals surface area contributed by atoms with E-state index in [2.05, 4.69) is 0 Å². The molecule has 3 rings (SSSR count). The van der Waals surface area contributed by atoms with Gasteiger partial charge in [0.1, 0.15) is 5.56 Å². The van der Waals surface area contributed by atoms with Gasteiger partial charge in [-0.05, 0) is 24.1 Å². The molecule has 2 heterocycles. The van der Waals surface area contributed by atoms with Crippen LogP contribution in [0.2, 0.25) is 0 Å². The number of amides is 1. The van der Waals surface area contributed by atoms with Crippen molar-refractivity contribution in [3.63, 3.8) is 0 Å². The minimum atomic E-state index is -0.0961. The van der Waals surface area contributed by atoms with Gasteiger partial charge in [0.15, 0.2) is 0 Å². The van der Waals surface area contributed by atoms with Gasteiger partial charge in [-0.15, -0.1) is 0 Å². The predicted molar refractivity (Wildman–Crippen MR) is 64.9 cm³/mol. The first kappa shape index (κ1) is 9.96. The Morgan fingerprint density at radius 3 is 2.88 bits per heavy atom. The molecule has 1 aromatic heterocycles. The Balaban J connectivity index is 1.98. The third kappa shape index (κ3) is 1.49. The van der Waals surface area contributed by atoms with Gasteiger partial charge in [0.2, 0.25) is 5.88 Å². The van der Waals surface area contributed by atoms with E-state index < -0.39 is 0 Å². The lowest BCUT2D eigenvalue weighted by Crippen LogP contribution is -2.29. The lowest BCUT2D eigenvalue weighted by molar-refractivity contribution is 0.0990. The zero-order chi connectivity index (χ0) is 11.8. The van der Waals surface area contributed by atoms with E-state index >= 15 is 0 Å². The molecule has 17 heavy (non-hydrogen) atoms. The first-order valence-electron chi connectivity index (χ1n) is 5.50. The largest absolute Gasteiger partial charge is 0.448 e. The van der Waals surface area contributed by atoms with E-state index in [0.29, 0.717) is 12.1 Å². The minimum absolute atomic E-state index is 0.0961. The van der Waals surface area contributed by atoms with Crippen molar-refractivity contribution in [3.05, 3.63) is 47.7 Å².